The molecule has 0 spiro atoms. The minimum atomic E-state index is 0. The highest BCUT2D eigenvalue weighted by Gasteiger charge is 2.21. The molecule has 2 aliphatic heterocycles. The predicted octanol–water partition coefficient (Wildman–Crippen LogP) is 2.52. The van der Waals surface area contributed by atoms with Gasteiger partial charge in [-0.3, -0.25) is 4.99 Å². The molecule has 0 aromatic carbocycles. The molecule has 0 radical (unpaired) electrons. The first-order valence-corrected chi connectivity index (χ1v) is 10.1. The van der Waals surface area contributed by atoms with Crippen LogP contribution in [0.25, 0.3) is 0 Å². The van der Waals surface area contributed by atoms with Crippen molar-refractivity contribution in [2.45, 2.75) is 26.2 Å². The van der Waals surface area contributed by atoms with E-state index in [-0.39, 0.29) is 24.0 Å². The van der Waals surface area contributed by atoms with Crippen LogP contribution >= 0.6 is 24.0 Å². The van der Waals surface area contributed by atoms with E-state index in [1.807, 2.05) is 12.3 Å². The van der Waals surface area contributed by atoms with Gasteiger partial charge in [0.05, 0.1) is 0 Å². The van der Waals surface area contributed by atoms with Crippen molar-refractivity contribution in [2.24, 2.45) is 10.9 Å². The standard InChI is InChI=1S/C20H34N6.HI/c1-3-21-20(23-11-7-18-8-12-24(2)13-9-18)26-16-14-25(15-17-26)19-6-4-5-10-22-19;/h4-6,10,18H,3,7-9,11-17H2,1-2H3,(H,21,23);1H. The first kappa shape index (κ1) is 22.2. The largest absolute Gasteiger partial charge is 0.357 e. The molecule has 0 atom stereocenters. The van der Waals surface area contributed by atoms with Crippen LogP contribution in [0.15, 0.2) is 29.4 Å². The molecule has 27 heavy (non-hydrogen) atoms. The number of rotatable bonds is 5. The molecular formula is C20H35IN6. The van der Waals surface area contributed by atoms with Crippen molar-refractivity contribution in [3.05, 3.63) is 24.4 Å². The van der Waals surface area contributed by atoms with Crippen LogP contribution in [0.1, 0.15) is 26.2 Å². The number of pyridine rings is 1. The molecule has 2 saturated heterocycles. The Morgan fingerprint density at radius 2 is 1.89 bits per heavy atom. The van der Waals surface area contributed by atoms with Gasteiger partial charge in [0.1, 0.15) is 5.82 Å². The molecule has 1 N–H and O–H groups in total. The van der Waals surface area contributed by atoms with Crippen molar-refractivity contribution in [1.82, 2.24) is 20.1 Å². The van der Waals surface area contributed by atoms with Crippen LogP contribution in [-0.2, 0) is 0 Å². The summed E-state index contributed by atoms with van der Waals surface area (Å²) < 4.78 is 0. The summed E-state index contributed by atoms with van der Waals surface area (Å²) in [6.07, 6.45) is 5.74. The van der Waals surface area contributed by atoms with E-state index in [9.17, 15) is 0 Å². The third-order valence-electron chi connectivity index (χ3n) is 5.52. The highest BCUT2D eigenvalue weighted by Crippen LogP contribution is 2.19. The number of piperazine rings is 1. The molecule has 152 valence electrons. The van der Waals surface area contributed by atoms with Crippen LogP contribution in [0.5, 0.6) is 0 Å². The molecule has 3 heterocycles. The summed E-state index contributed by atoms with van der Waals surface area (Å²) in [4.78, 5) is 16.6. The molecule has 0 bridgehead atoms. The number of hydrogen-bond donors (Lipinski definition) is 1. The Morgan fingerprint density at radius 1 is 1.15 bits per heavy atom. The Kier molecular flexibility index (Phi) is 9.61. The average Bonchev–Trinajstić information content (AvgIpc) is 2.70. The van der Waals surface area contributed by atoms with Gasteiger partial charge in [-0.1, -0.05) is 6.07 Å². The summed E-state index contributed by atoms with van der Waals surface area (Å²) in [5, 5.41) is 3.49. The summed E-state index contributed by atoms with van der Waals surface area (Å²) in [5.74, 6) is 3.01. The van der Waals surface area contributed by atoms with Crippen molar-refractivity contribution in [3.8, 4) is 0 Å². The van der Waals surface area contributed by atoms with E-state index in [1.165, 1.54) is 32.4 Å². The summed E-state index contributed by atoms with van der Waals surface area (Å²) >= 11 is 0. The lowest BCUT2D eigenvalue weighted by Crippen LogP contribution is -2.52. The van der Waals surface area contributed by atoms with Gasteiger partial charge in [-0.15, -0.1) is 24.0 Å². The molecule has 6 nitrogen and oxygen atoms in total. The number of anilines is 1. The number of likely N-dealkylation sites (tertiary alicyclic amines) is 1. The van der Waals surface area contributed by atoms with Gasteiger partial charge in [0.25, 0.3) is 0 Å². The molecule has 3 rings (SSSR count). The van der Waals surface area contributed by atoms with E-state index in [2.05, 4.69) is 51.1 Å². The zero-order valence-corrected chi connectivity index (χ0v) is 19.1. The second kappa shape index (κ2) is 11.7. The molecule has 2 aliphatic rings. The average molecular weight is 486 g/mol. The van der Waals surface area contributed by atoms with E-state index in [0.717, 1.165) is 57.0 Å². The number of halogens is 1. The van der Waals surface area contributed by atoms with Crippen molar-refractivity contribution in [1.29, 1.82) is 0 Å². The maximum atomic E-state index is 4.93. The van der Waals surface area contributed by atoms with Crippen LogP contribution in [0.2, 0.25) is 0 Å². The molecule has 0 aliphatic carbocycles. The molecule has 2 fully saturated rings. The van der Waals surface area contributed by atoms with Gasteiger partial charge < -0.3 is 20.0 Å². The van der Waals surface area contributed by atoms with Crippen LogP contribution in [0, 0.1) is 5.92 Å². The highest BCUT2D eigenvalue weighted by molar-refractivity contribution is 14.0. The number of aliphatic imine (C=N–C) groups is 1. The van der Waals surface area contributed by atoms with Crippen LogP contribution in [-0.4, -0.2) is 80.1 Å². The van der Waals surface area contributed by atoms with Crippen molar-refractivity contribution >= 4 is 35.8 Å². The van der Waals surface area contributed by atoms with Crippen LogP contribution in [0.4, 0.5) is 5.82 Å². The fourth-order valence-electron chi connectivity index (χ4n) is 3.82. The highest BCUT2D eigenvalue weighted by atomic mass is 127. The maximum absolute atomic E-state index is 4.93. The smallest absolute Gasteiger partial charge is 0.194 e. The van der Waals surface area contributed by atoms with E-state index in [1.54, 1.807) is 0 Å². The zero-order chi connectivity index (χ0) is 18.2. The SMILES string of the molecule is CCNC(=NCCC1CCN(C)CC1)N1CCN(c2ccccn2)CC1.I. The second-order valence-corrected chi connectivity index (χ2v) is 7.43. The third-order valence-corrected chi connectivity index (χ3v) is 5.52. The summed E-state index contributed by atoms with van der Waals surface area (Å²) in [6, 6.07) is 6.12. The molecular weight excluding hydrogens is 451 g/mol. The quantitative estimate of drug-likeness (QED) is 0.394. The zero-order valence-electron chi connectivity index (χ0n) is 16.8. The van der Waals surface area contributed by atoms with Gasteiger partial charge in [0, 0.05) is 45.5 Å². The Bertz CT molecular complexity index is 551. The number of guanidine groups is 1. The van der Waals surface area contributed by atoms with Gasteiger partial charge in [0.2, 0.25) is 0 Å². The summed E-state index contributed by atoms with van der Waals surface area (Å²) in [5.41, 5.74) is 0. The third kappa shape index (κ3) is 6.78. The van der Waals surface area contributed by atoms with Crippen LogP contribution in [0.3, 0.4) is 0 Å². The van der Waals surface area contributed by atoms with E-state index in [4.69, 9.17) is 4.99 Å². The number of nitrogens with zero attached hydrogens (tertiary/aromatic N) is 5. The molecule has 0 unspecified atom stereocenters. The molecule has 1 aromatic rings. The second-order valence-electron chi connectivity index (χ2n) is 7.43. The molecule has 0 saturated carbocycles. The van der Waals surface area contributed by atoms with E-state index in [0.29, 0.717) is 0 Å². The molecule has 7 heteroatoms. The Balaban J connectivity index is 0.00000261. The Labute approximate surface area is 181 Å². The normalized spacial score (nSPS) is 19.7. The number of nitrogens with one attached hydrogen (secondary N) is 1. The van der Waals surface area contributed by atoms with Gasteiger partial charge >= 0.3 is 0 Å². The van der Waals surface area contributed by atoms with Gasteiger partial charge in [-0.05, 0) is 64.4 Å². The number of piperidine rings is 1. The maximum Gasteiger partial charge on any atom is 0.194 e. The van der Waals surface area contributed by atoms with E-state index >= 15 is 0 Å². The van der Waals surface area contributed by atoms with Crippen molar-refractivity contribution in [3.63, 3.8) is 0 Å². The molecule has 1 aromatic heterocycles. The van der Waals surface area contributed by atoms with Crippen molar-refractivity contribution in [2.75, 3.05) is 64.3 Å². The lowest BCUT2D eigenvalue weighted by molar-refractivity contribution is 0.214. The van der Waals surface area contributed by atoms with Gasteiger partial charge in [-0.2, -0.15) is 0 Å². The van der Waals surface area contributed by atoms with Gasteiger partial charge in [0.15, 0.2) is 5.96 Å². The number of hydrogen-bond acceptors (Lipinski definition) is 4. The Hall–Kier alpha value is -1.09. The minimum absolute atomic E-state index is 0. The van der Waals surface area contributed by atoms with Crippen molar-refractivity contribution < 1.29 is 0 Å². The number of aromatic nitrogens is 1. The topological polar surface area (TPSA) is 47.0 Å². The van der Waals surface area contributed by atoms with Crippen LogP contribution < -0.4 is 10.2 Å². The lowest BCUT2D eigenvalue weighted by Gasteiger charge is -2.37. The van der Waals surface area contributed by atoms with Gasteiger partial charge in [-0.25, -0.2) is 4.98 Å². The predicted molar refractivity (Wildman–Crippen MR) is 124 cm³/mol. The summed E-state index contributed by atoms with van der Waals surface area (Å²) in [6.45, 7) is 10.5. The fraction of sp³-hybridized carbons (Fsp3) is 0.700. The minimum Gasteiger partial charge on any atom is -0.357 e. The first-order chi connectivity index (χ1) is 12.8. The molecule has 0 amide bonds. The Morgan fingerprint density at radius 3 is 2.52 bits per heavy atom. The monoisotopic (exact) mass is 486 g/mol. The first-order valence-electron chi connectivity index (χ1n) is 10.1. The lowest BCUT2D eigenvalue weighted by atomic mass is 9.94. The summed E-state index contributed by atoms with van der Waals surface area (Å²) in [7, 11) is 2.22. The van der Waals surface area contributed by atoms with E-state index < -0.39 is 0 Å². The fourth-order valence-corrected chi connectivity index (χ4v) is 3.82.